The molecule has 0 aromatic heterocycles. The maximum atomic E-state index is 11.4. The number of ether oxygens (including phenoxy) is 5. The molecule has 7 nitrogen and oxygen atoms in total. The van der Waals surface area contributed by atoms with Gasteiger partial charge in [-0.15, -0.1) is 11.6 Å². The normalized spacial score (nSPS) is 13.1. The fourth-order valence-electron chi connectivity index (χ4n) is 3.55. The third-order valence-corrected chi connectivity index (χ3v) is 6.50. The van der Waals surface area contributed by atoms with Crippen LogP contribution in [0, 0.1) is 0 Å². The Kier molecular flexibility index (Phi) is 12.5. The van der Waals surface area contributed by atoms with Crippen LogP contribution in [0.15, 0.2) is 36.4 Å². The van der Waals surface area contributed by atoms with Crippen molar-refractivity contribution < 1.29 is 33.3 Å². The molecule has 0 bridgehead atoms. The van der Waals surface area contributed by atoms with Gasteiger partial charge in [0.05, 0.1) is 28.6 Å². The molecular weight excluding hydrogens is 555 g/mol. The number of rotatable bonds is 14. The van der Waals surface area contributed by atoms with Crippen molar-refractivity contribution in [3.63, 3.8) is 0 Å². The van der Waals surface area contributed by atoms with E-state index in [1.165, 1.54) is 13.8 Å². The number of hydrogen-bond acceptors (Lipinski definition) is 7. The van der Waals surface area contributed by atoms with Crippen LogP contribution in [0.2, 0.25) is 10.0 Å². The minimum Gasteiger partial charge on any atom is -0.490 e. The Morgan fingerprint density at radius 1 is 0.816 bits per heavy atom. The van der Waals surface area contributed by atoms with Gasteiger partial charge in [-0.1, -0.05) is 49.2 Å². The molecule has 0 aliphatic carbocycles. The quantitative estimate of drug-likeness (QED) is 0.181. The van der Waals surface area contributed by atoms with Gasteiger partial charge in [-0.25, -0.2) is 0 Å². The van der Waals surface area contributed by atoms with Gasteiger partial charge < -0.3 is 23.7 Å². The Morgan fingerprint density at radius 2 is 1.34 bits per heavy atom. The summed E-state index contributed by atoms with van der Waals surface area (Å²) < 4.78 is 27.5. The molecule has 2 atom stereocenters. The largest absolute Gasteiger partial charge is 0.490 e. The van der Waals surface area contributed by atoms with E-state index < -0.39 is 23.6 Å². The zero-order chi connectivity index (χ0) is 28.5. The second-order valence-corrected chi connectivity index (χ2v) is 10.7. The van der Waals surface area contributed by atoms with E-state index in [0.717, 1.165) is 11.1 Å². The number of alkyl halides is 1. The molecule has 0 fully saturated rings. The van der Waals surface area contributed by atoms with E-state index in [2.05, 4.69) is 13.8 Å². The first-order valence-corrected chi connectivity index (χ1v) is 13.5. The van der Waals surface area contributed by atoms with Crippen molar-refractivity contribution in [2.24, 2.45) is 0 Å². The number of esters is 2. The Balaban J connectivity index is 2.12. The summed E-state index contributed by atoms with van der Waals surface area (Å²) >= 11 is 18.9. The van der Waals surface area contributed by atoms with Crippen molar-refractivity contribution in [3.05, 3.63) is 57.6 Å². The molecule has 0 unspecified atom stereocenters. The van der Waals surface area contributed by atoms with E-state index in [1.54, 1.807) is 12.1 Å². The van der Waals surface area contributed by atoms with E-state index in [9.17, 15) is 9.59 Å². The molecule has 0 N–H and O–H groups in total. The van der Waals surface area contributed by atoms with Crippen LogP contribution >= 0.6 is 34.8 Å². The SMILES string of the molecule is CC(=O)O[C@H](CCl)COc1c(Cl)cc(C(C)(C)c2ccc(OC[C@H](COC(C)C)OC(C)=O)cc2)cc1Cl. The smallest absolute Gasteiger partial charge is 0.303 e. The van der Waals surface area contributed by atoms with Crippen molar-refractivity contribution >= 4 is 46.7 Å². The molecule has 2 rings (SSSR count). The summed E-state index contributed by atoms with van der Waals surface area (Å²) in [5.74, 6) is 0.167. The van der Waals surface area contributed by atoms with Crippen molar-refractivity contribution in [2.75, 3.05) is 25.7 Å². The summed E-state index contributed by atoms with van der Waals surface area (Å²) in [5, 5.41) is 0.661. The highest BCUT2D eigenvalue weighted by molar-refractivity contribution is 6.37. The summed E-state index contributed by atoms with van der Waals surface area (Å²) in [6.45, 7) is 11.0. The van der Waals surface area contributed by atoms with Crippen LogP contribution in [-0.4, -0.2) is 56.0 Å². The lowest BCUT2D eigenvalue weighted by atomic mass is 9.78. The summed E-state index contributed by atoms with van der Waals surface area (Å²) in [6.07, 6.45) is -1.12. The molecule has 0 saturated heterocycles. The lowest BCUT2D eigenvalue weighted by Gasteiger charge is -2.27. The highest BCUT2D eigenvalue weighted by Gasteiger charge is 2.26. The lowest BCUT2D eigenvalue weighted by Crippen LogP contribution is -2.30. The van der Waals surface area contributed by atoms with Gasteiger partial charge in [-0.2, -0.15) is 0 Å². The van der Waals surface area contributed by atoms with E-state index >= 15 is 0 Å². The van der Waals surface area contributed by atoms with Crippen LogP contribution in [0.5, 0.6) is 11.5 Å². The van der Waals surface area contributed by atoms with Gasteiger partial charge in [-0.3, -0.25) is 9.59 Å². The van der Waals surface area contributed by atoms with Crippen LogP contribution in [0.4, 0.5) is 0 Å². The number of carbonyl (C=O) groups is 2. The molecule has 0 spiro atoms. The van der Waals surface area contributed by atoms with Crippen LogP contribution in [0.3, 0.4) is 0 Å². The van der Waals surface area contributed by atoms with Gasteiger partial charge in [-0.05, 0) is 49.2 Å². The monoisotopic (exact) mass is 588 g/mol. The van der Waals surface area contributed by atoms with Gasteiger partial charge in [0.25, 0.3) is 0 Å². The van der Waals surface area contributed by atoms with Crippen LogP contribution in [0.1, 0.15) is 52.7 Å². The molecule has 0 heterocycles. The maximum absolute atomic E-state index is 11.4. The minimum absolute atomic E-state index is 0.0144. The van der Waals surface area contributed by atoms with E-state index in [1.807, 2.05) is 38.1 Å². The van der Waals surface area contributed by atoms with Crippen molar-refractivity contribution in [1.82, 2.24) is 0 Å². The van der Waals surface area contributed by atoms with E-state index in [-0.39, 0.29) is 37.8 Å². The third kappa shape index (κ3) is 9.84. The van der Waals surface area contributed by atoms with Gasteiger partial charge >= 0.3 is 11.9 Å². The Bertz CT molecular complexity index is 1050. The van der Waals surface area contributed by atoms with Gasteiger partial charge in [0.1, 0.15) is 25.1 Å². The van der Waals surface area contributed by atoms with Crippen LogP contribution < -0.4 is 9.47 Å². The predicted molar refractivity (Wildman–Crippen MR) is 149 cm³/mol. The topological polar surface area (TPSA) is 80.3 Å². The number of halogens is 3. The number of benzene rings is 2. The summed E-state index contributed by atoms with van der Waals surface area (Å²) in [4.78, 5) is 22.6. The van der Waals surface area contributed by atoms with Crippen molar-refractivity contribution in [1.29, 1.82) is 0 Å². The van der Waals surface area contributed by atoms with Crippen molar-refractivity contribution in [2.45, 2.75) is 65.3 Å². The average molecular weight is 590 g/mol. The third-order valence-electron chi connectivity index (χ3n) is 5.60. The summed E-state index contributed by atoms with van der Waals surface area (Å²) in [5.41, 5.74) is 1.43. The first kappa shape index (κ1) is 32.0. The average Bonchev–Trinajstić information content (AvgIpc) is 2.83. The zero-order valence-corrected chi connectivity index (χ0v) is 24.8. The number of hydrogen-bond donors (Lipinski definition) is 0. The predicted octanol–water partition coefficient (Wildman–Crippen LogP) is 6.60. The van der Waals surface area contributed by atoms with Gasteiger partial charge in [0.2, 0.25) is 0 Å². The standard InChI is InChI=1S/C28H35Cl3O7/c1-17(2)34-15-24(38-19(4)33)16-35-22-9-7-20(8-10-22)28(5,6)21-11-25(30)27(26(31)12-21)36-14-23(13-29)37-18(3)32/h7-12,17,23-24H,13-16H2,1-6H3/t23-,24+/m1/s1. The molecule has 0 radical (unpaired) electrons. The fraction of sp³-hybridized carbons (Fsp3) is 0.500. The molecule has 2 aromatic rings. The summed E-state index contributed by atoms with van der Waals surface area (Å²) in [7, 11) is 0. The van der Waals surface area contributed by atoms with Crippen LogP contribution in [0.25, 0.3) is 0 Å². The molecular formula is C28H35Cl3O7. The molecule has 210 valence electrons. The Morgan fingerprint density at radius 3 is 1.84 bits per heavy atom. The fourth-order valence-corrected chi connectivity index (χ4v) is 4.30. The number of carbonyl (C=O) groups excluding carboxylic acids is 2. The minimum atomic E-state index is -0.620. The first-order valence-electron chi connectivity index (χ1n) is 12.2. The van der Waals surface area contributed by atoms with Crippen molar-refractivity contribution in [3.8, 4) is 11.5 Å². The maximum Gasteiger partial charge on any atom is 0.303 e. The van der Waals surface area contributed by atoms with Gasteiger partial charge in [0, 0.05) is 19.3 Å². The molecule has 0 aliphatic rings. The van der Waals surface area contributed by atoms with E-state index in [0.29, 0.717) is 21.5 Å². The first-order chi connectivity index (χ1) is 17.8. The Hall–Kier alpha value is -2.19. The van der Waals surface area contributed by atoms with Gasteiger partial charge in [0.15, 0.2) is 11.9 Å². The molecule has 2 aromatic carbocycles. The molecule has 38 heavy (non-hydrogen) atoms. The van der Waals surface area contributed by atoms with Crippen LogP contribution in [-0.2, 0) is 29.2 Å². The second kappa shape index (κ2) is 14.8. The lowest BCUT2D eigenvalue weighted by molar-refractivity contribution is -0.152. The summed E-state index contributed by atoms with van der Waals surface area (Å²) in [6, 6.07) is 11.2. The molecule has 0 aliphatic heterocycles. The zero-order valence-electron chi connectivity index (χ0n) is 22.5. The highest BCUT2D eigenvalue weighted by Crippen LogP contribution is 2.40. The molecule has 0 amide bonds. The van der Waals surface area contributed by atoms with E-state index in [4.69, 9.17) is 58.5 Å². The molecule has 10 heteroatoms. The second-order valence-electron chi connectivity index (χ2n) is 9.54. The molecule has 0 saturated carbocycles. The highest BCUT2D eigenvalue weighted by atomic mass is 35.5. The Labute approximate surface area is 239 Å².